The summed E-state index contributed by atoms with van der Waals surface area (Å²) < 4.78 is 0. The van der Waals surface area contributed by atoms with Crippen molar-refractivity contribution in [2.24, 2.45) is 17.8 Å². The van der Waals surface area contributed by atoms with Crippen molar-refractivity contribution in [3.05, 3.63) is 35.4 Å². The number of fused-ring (bicyclic) bond motifs is 2. The molecule has 0 aromatic heterocycles. The van der Waals surface area contributed by atoms with Gasteiger partial charge in [-0.3, -0.25) is 4.79 Å². The molecule has 2 fully saturated rings. The third kappa shape index (κ3) is 1.64. The minimum Gasteiger partial charge on any atom is -0.299 e. The molecule has 3 aliphatic rings. The number of ketones is 1. The van der Waals surface area contributed by atoms with E-state index < -0.39 is 0 Å². The quantitative estimate of drug-likeness (QED) is 0.770. The highest BCUT2D eigenvalue weighted by Crippen LogP contribution is 2.55. The molecule has 3 atom stereocenters. The Morgan fingerprint density at radius 3 is 2.67 bits per heavy atom. The zero-order valence-corrected chi connectivity index (χ0v) is 10.8. The third-order valence-corrected chi connectivity index (χ3v) is 5.36. The number of Topliss-reactive ketones (excluding diaryl/α,β-unsaturated/α-hetero) is 1. The molecule has 18 heavy (non-hydrogen) atoms. The van der Waals surface area contributed by atoms with Crippen LogP contribution in [-0.2, 0) is 11.2 Å². The van der Waals surface area contributed by atoms with Crippen LogP contribution in [0.15, 0.2) is 24.3 Å². The van der Waals surface area contributed by atoms with Crippen LogP contribution in [0, 0.1) is 17.8 Å². The first kappa shape index (κ1) is 10.8. The van der Waals surface area contributed by atoms with Crippen molar-refractivity contribution in [3.8, 4) is 0 Å². The Morgan fingerprint density at radius 1 is 1.06 bits per heavy atom. The molecule has 3 unspecified atom stereocenters. The highest BCUT2D eigenvalue weighted by atomic mass is 16.1. The predicted molar refractivity (Wildman–Crippen MR) is 71.4 cm³/mol. The van der Waals surface area contributed by atoms with Gasteiger partial charge in [0.2, 0.25) is 0 Å². The normalized spacial score (nSPS) is 36.9. The number of carbonyl (C=O) groups is 1. The summed E-state index contributed by atoms with van der Waals surface area (Å²) in [6, 6.07) is 8.60. The fraction of sp³-hybridized carbons (Fsp3) is 0.588. The number of aryl methyl sites for hydroxylation is 1. The first-order valence-electron chi connectivity index (χ1n) is 7.44. The second kappa shape index (κ2) is 3.94. The molecular weight excluding hydrogens is 220 g/mol. The summed E-state index contributed by atoms with van der Waals surface area (Å²) >= 11 is 0. The van der Waals surface area contributed by atoms with E-state index in [4.69, 9.17) is 0 Å². The Hall–Kier alpha value is -1.11. The van der Waals surface area contributed by atoms with Crippen LogP contribution in [0.3, 0.4) is 0 Å². The van der Waals surface area contributed by atoms with Crippen LogP contribution in [-0.4, -0.2) is 5.78 Å². The molecule has 0 heterocycles. The summed E-state index contributed by atoms with van der Waals surface area (Å²) in [5.74, 6) is 3.01. The van der Waals surface area contributed by atoms with Gasteiger partial charge in [0.15, 0.2) is 0 Å². The maximum Gasteiger partial charge on any atom is 0.143 e. The molecule has 0 N–H and O–H groups in total. The van der Waals surface area contributed by atoms with Crippen molar-refractivity contribution >= 4 is 5.78 Å². The van der Waals surface area contributed by atoms with Crippen LogP contribution in [0.1, 0.15) is 49.1 Å². The summed E-state index contributed by atoms with van der Waals surface area (Å²) in [5, 5.41) is 0. The zero-order valence-electron chi connectivity index (χ0n) is 10.8. The fourth-order valence-corrected chi connectivity index (χ4v) is 4.28. The first-order valence-corrected chi connectivity index (χ1v) is 7.44. The second-order valence-electron chi connectivity index (χ2n) is 6.47. The lowest BCUT2D eigenvalue weighted by molar-refractivity contribution is -0.124. The molecule has 1 aromatic rings. The number of hydrogen-bond donors (Lipinski definition) is 0. The summed E-state index contributed by atoms with van der Waals surface area (Å²) in [7, 11) is 0. The van der Waals surface area contributed by atoms with Crippen molar-refractivity contribution in [3.63, 3.8) is 0 Å². The molecule has 0 aliphatic heterocycles. The van der Waals surface area contributed by atoms with Crippen molar-refractivity contribution in [1.82, 2.24) is 0 Å². The Labute approximate surface area is 109 Å². The van der Waals surface area contributed by atoms with E-state index in [1.54, 1.807) is 0 Å². The van der Waals surface area contributed by atoms with Gasteiger partial charge >= 0.3 is 0 Å². The van der Waals surface area contributed by atoms with Crippen molar-refractivity contribution < 1.29 is 4.79 Å². The lowest BCUT2D eigenvalue weighted by Crippen LogP contribution is -2.24. The standard InChI is InChI=1S/C17H20O/c18-17(14-9-12-8-13(12)10-14)16-7-3-5-11-4-1-2-6-15(11)16/h1-2,4,6,12-14,16H,3,5,7-10H2. The molecule has 4 rings (SSSR count). The smallest absolute Gasteiger partial charge is 0.143 e. The van der Waals surface area contributed by atoms with E-state index in [2.05, 4.69) is 24.3 Å². The van der Waals surface area contributed by atoms with Gasteiger partial charge in [0.25, 0.3) is 0 Å². The highest BCUT2D eigenvalue weighted by Gasteiger charge is 2.49. The summed E-state index contributed by atoms with van der Waals surface area (Å²) in [4.78, 5) is 12.7. The molecule has 2 saturated carbocycles. The summed E-state index contributed by atoms with van der Waals surface area (Å²) in [6.45, 7) is 0. The maximum atomic E-state index is 12.7. The van der Waals surface area contributed by atoms with Gasteiger partial charge < -0.3 is 0 Å². The Balaban J connectivity index is 1.59. The molecule has 1 aromatic carbocycles. The zero-order chi connectivity index (χ0) is 12.1. The molecule has 0 saturated heterocycles. The highest BCUT2D eigenvalue weighted by molar-refractivity contribution is 5.88. The minimum absolute atomic E-state index is 0.220. The molecule has 0 radical (unpaired) electrons. The number of hydrogen-bond acceptors (Lipinski definition) is 1. The average molecular weight is 240 g/mol. The van der Waals surface area contributed by atoms with Gasteiger partial charge in [-0.05, 0) is 61.5 Å². The molecular formula is C17H20O. The Morgan fingerprint density at radius 2 is 1.83 bits per heavy atom. The fourth-order valence-electron chi connectivity index (χ4n) is 4.28. The van der Waals surface area contributed by atoms with E-state index in [9.17, 15) is 4.79 Å². The van der Waals surface area contributed by atoms with Gasteiger partial charge in [0, 0.05) is 11.8 Å². The average Bonchev–Trinajstić information content (AvgIpc) is 3.04. The number of rotatable bonds is 2. The molecule has 1 nitrogen and oxygen atoms in total. The van der Waals surface area contributed by atoms with Crippen LogP contribution in [0.25, 0.3) is 0 Å². The van der Waals surface area contributed by atoms with Gasteiger partial charge in [0.1, 0.15) is 5.78 Å². The van der Waals surface area contributed by atoms with Gasteiger partial charge in [-0.2, -0.15) is 0 Å². The van der Waals surface area contributed by atoms with Crippen LogP contribution in [0.2, 0.25) is 0 Å². The topological polar surface area (TPSA) is 17.1 Å². The number of benzene rings is 1. The van der Waals surface area contributed by atoms with Crippen LogP contribution in [0.5, 0.6) is 0 Å². The molecule has 94 valence electrons. The van der Waals surface area contributed by atoms with E-state index in [-0.39, 0.29) is 5.92 Å². The van der Waals surface area contributed by atoms with E-state index in [1.165, 1.54) is 36.8 Å². The largest absolute Gasteiger partial charge is 0.299 e. The first-order chi connectivity index (χ1) is 8.83. The van der Waals surface area contributed by atoms with Gasteiger partial charge in [-0.25, -0.2) is 0 Å². The Kier molecular flexibility index (Phi) is 2.36. The van der Waals surface area contributed by atoms with Crippen molar-refractivity contribution in [1.29, 1.82) is 0 Å². The molecule has 0 bridgehead atoms. The van der Waals surface area contributed by atoms with Crippen LogP contribution >= 0.6 is 0 Å². The van der Waals surface area contributed by atoms with E-state index in [1.807, 2.05) is 0 Å². The molecule has 0 amide bonds. The molecule has 0 spiro atoms. The lowest BCUT2D eigenvalue weighted by atomic mass is 9.76. The third-order valence-electron chi connectivity index (χ3n) is 5.36. The monoisotopic (exact) mass is 240 g/mol. The second-order valence-corrected chi connectivity index (χ2v) is 6.47. The molecule has 1 heteroatoms. The molecule has 3 aliphatic carbocycles. The predicted octanol–water partition coefficient (Wildman–Crippen LogP) is 3.72. The Bertz CT molecular complexity index is 480. The van der Waals surface area contributed by atoms with Crippen LogP contribution < -0.4 is 0 Å². The maximum absolute atomic E-state index is 12.7. The van der Waals surface area contributed by atoms with E-state index >= 15 is 0 Å². The van der Waals surface area contributed by atoms with Gasteiger partial charge in [0.05, 0.1) is 0 Å². The van der Waals surface area contributed by atoms with E-state index in [0.717, 1.165) is 24.7 Å². The minimum atomic E-state index is 0.220. The summed E-state index contributed by atoms with van der Waals surface area (Å²) in [6.07, 6.45) is 7.24. The van der Waals surface area contributed by atoms with Gasteiger partial charge in [-0.15, -0.1) is 0 Å². The number of carbonyl (C=O) groups excluding carboxylic acids is 1. The SMILES string of the molecule is O=C(C1CC2CC2C1)C1CCCc2ccccc21. The van der Waals surface area contributed by atoms with Crippen molar-refractivity contribution in [2.45, 2.75) is 44.4 Å². The summed E-state index contributed by atoms with van der Waals surface area (Å²) in [5.41, 5.74) is 2.76. The lowest BCUT2D eigenvalue weighted by Gasteiger charge is -2.27. The van der Waals surface area contributed by atoms with Gasteiger partial charge in [-0.1, -0.05) is 24.3 Å². The van der Waals surface area contributed by atoms with Crippen molar-refractivity contribution in [2.75, 3.05) is 0 Å². The van der Waals surface area contributed by atoms with Crippen LogP contribution in [0.4, 0.5) is 0 Å². The van der Waals surface area contributed by atoms with E-state index in [0.29, 0.717) is 11.7 Å².